The molecule has 2 aliphatic carbocycles. The summed E-state index contributed by atoms with van der Waals surface area (Å²) in [7, 11) is 0. The number of carboxylic acid groups (broad SMARTS) is 1. The van der Waals surface area contributed by atoms with E-state index in [9.17, 15) is 18.0 Å². The number of fused-ring (bicyclic) bond motifs is 1. The van der Waals surface area contributed by atoms with Gasteiger partial charge in [0.2, 0.25) is 0 Å². The molecule has 3 N–H and O–H groups in total. The zero-order valence-corrected chi connectivity index (χ0v) is 12.4. The summed E-state index contributed by atoms with van der Waals surface area (Å²) in [5.41, 5.74) is 8.07. The fourth-order valence-electron chi connectivity index (χ4n) is 2.14. The second-order valence-electron chi connectivity index (χ2n) is 4.85. The lowest BCUT2D eigenvalue weighted by atomic mass is 10.1. The van der Waals surface area contributed by atoms with Crippen LogP contribution in [0.25, 0.3) is 0 Å². The molecule has 0 saturated heterocycles. The number of carboxylic acids is 1. The molecule has 3 rings (SSSR count). The Morgan fingerprint density at radius 3 is 2.58 bits per heavy atom. The topological polar surface area (TPSA) is 72.5 Å². The highest BCUT2D eigenvalue weighted by Gasteiger charge is 2.31. The smallest absolute Gasteiger partial charge is 0.478 e. The van der Waals surface area contributed by atoms with E-state index in [4.69, 9.17) is 10.8 Å². The molecule has 0 bridgehead atoms. The molecule has 0 spiro atoms. The number of alkyl halides is 3. The normalized spacial score (nSPS) is 14.9. The van der Waals surface area contributed by atoms with E-state index >= 15 is 0 Å². The predicted octanol–water partition coefficient (Wildman–Crippen LogP) is 3.48. The lowest BCUT2D eigenvalue weighted by Crippen LogP contribution is -2.17. The molecule has 4 nitrogen and oxygen atoms in total. The van der Waals surface area contributed by atoms with Crippen LogP contribution in [-0.2, 0) is 11.3 Å². The third kappa shape index (κ3) is 4.60. The van der Waals surface area contributed by atoms with Gasteiger partial charge in [0.05, 0.1) is 5.57 Å². The van der Waals surface area contributed by atoms with Crippen LogP contribution in [0.1, 0.15) is 5.56 Å². The van der Waals surface area contributed by atoms with E-state index in [-0.39, 0.29) is 12.3 Å². The van der Waals surface area contributed by atoms with Crippen LogP contribution in [0.4, 0.5) is 13.2 Å². The van der Waals surface area contributed by atoms with Gasteiger partial charge in [-0.2, -0.15) is 0 Å². The number of rotatable bonds is 3. The first-order valence-electron chi connectivity index (χ1n) is 6.89. The number of hydrogen-bond donors (Lipinski definition) is 2. The molecule has 0 unspecified atom stereocenters. The third-order valence-electron chi connectivity index (χ3n) is 3.17. The Morgan fingerprint density at radius 1 is 1.21 bits per heavy atom. The lowest BCUT2D eigenvalue weighted by molar-refractivity contribution is -0.274. The van der Waals surface area contributed by atoms with Gasteiger partial charge in [-0.05, 0) is 34.9 Å². The summed E-state index contributed by atoms with van der Waals surface area (Å²) < 4.78 is 38.9. The van der Waals surface area contributed by atoms with Gasteiger partial charge in [0, 0.05) is 6.54 Å². The van der Waals surface area contributed by atoms with Crippen molar-refractivity contribution in [3.05, 3.63) is 76.9 Å². The standard InChI is InChI=1S/C9H6O2.C8H8F3NO/c10-9(11)8-5-4-6-2-1-3-7(6)8;9-8(10,11)13-7-3-1-2-6(4-7)5-12/h1-5H,(H,10,11);1-4H,5,12H2. The quantitative estimate of drug-likeness (QED) is 0.886. The zero-order valence-electron chi connectivity index (χ0n) is 12.4. The van der Waals surface area contributed by atoms with Crippen molar-refractivity contribution in [2.24, 2.45) is 5.73 Å². The van der Waals surface area contributed by atoms with Crippen LogP contribution in [0.15, 0.2) is 71.4 Å². The van der Waals surface area contributed by atoms with Gasteiger partial charge in [-0.15, -0.1) is 13.2 Å². The number of allylic oxidation sites excluding steroid dienone is 6. The highest BCUT2D eigenvalue weighted by Crippen LogP contribution is 2.30. The molecule has 0 radical (unpaired) electrons. The highest BCUT2D eigenvalue weighted by atomic mass is 19.4. The Morgan fingerprint density at radius 2 is 1.96 bits per heavy atom. The van der Waals surface area contributed by atoms with Crippen molar-refractivity contribution in [1.82, 2.24) is 0 Å². The molecular weight excluding hydrogens is 323 g/mol. The average Bonchev–Trinajstić information content (AvgIpc) is 3.08. The van der Waals surface area contributed by atoms with Crippen LogP contribution < -0.4 is 10.5 Å². The van der Waals surface area contributed by atoms with Crippen LogP contribution in [0, 0.1) is 0 Å². The number of ether oxygens (including phenoxy) is 1. The van der Waals surface area contributed by atoms with Crippen molar-refractivity contribution in [3.8, 4) is 5.75 Å². The maximum absolute atomic E-state index is 11.7. The van der Waals surface area contributed by atoms with Crippen LogP contribution in [0.2, 0.25) is 0 Å². The monoisotopic (exact) mass is 337 g/mol. The Bertz CT molecular complexity index is 759. The summed E-state index contributed by atoms with van der Waals surface area (Å²) in [4.78, 5) is 10.6. The molecule has 1 aromatic carbocycles. The molecule has 24 heavy (non-hydrogen) atoms. The first-order chi connectivity index (χ1) is 11.3. The molecule has 7 heteroatoms. The number of hydrogen-bond acceptors (Lipinski definition) is 3. The number of nitrogens with two attached hydrogens (primary N) is 1. The van der Waals surface area contributed by atoms with Gasteiger partial charge < -0.3 is 15.6 Å². The van der Waals surface area contributed by atoms with Crippen molar-refractivity contribution in [2.75, 3.05) is 0 Å². The predicted molar refractivity (Wildman–Crippen MR) is 82.0 cm³/mol. The second-order valence-corrected chi connectivity index (χ2v) is 4.85. The van der Waals surface area contributed by atoms with Crippen LogP contribution >= 0.6 is 0 Å². The maximum atomic E-state index is 11.7. The summed E-state index contributed by atoms with van der Waals surface area (Å²) in [6.07, 6.45) is 4.39. The molecule has 0 heterocycles. The summed E-state index contributed by atoms with van der Waals surface area (Å²) in [6, 6.07) is 5.58. The van der Waals surface area contributed by atoms with E-state index in [1.807, 2.05) is 24.3 Å². The molecule has 0 fully saturated rings. The third-order valence-corrected chi connectivity index (χ3v) is 3.17. The van der Waals surface area contributed by atoms with Gasteiger partial charge in [0.25, 0.3) is 0 Å². The summed E-state index contributed by atoms with van der Waals surface area (Å²) in [5.74, 6) is -1.10. The minimum Gasteiger partial charge on any atom is -0.478 e. The molecule has 1 aromatic rings. The van der Waals surface area contributed by atoms with E-state index in [0.717, 1.165) is 11.1 Å². The average molecular weight is 337 g/mol. The van der Waals surface area contributed by atoms with Gasteiger partial charge in [0.15, 0.2) is 0 Å². The first-order valence-corrected chi connectivity index (χ1v) is 6.89. The molecule has 0 saturated carbocycles. The molecule has 0 aliphatic heterocycles. The Balaban J connectivity index is 0.000000175. The lowest BCUT2D eigenvalue weighted by Gasteiger charge is -2.09. The van der Waals surface area contributed by atoms with Gasteiger partial charge in [-0.1, -0.05) is 36.4 Å². The number of benzene rings is 1. The van der Waals surface area contributed by atoms with Crippen molar-refractivity contribution in [2.45, 2.75) is 12.9 Å². The first kappa shape index (κ1) is 17.6. The summed E-state index contributed by atoms with van der Waals surface area (Å²) in [5, 5.41) is 8.69. The SMILES string of the molecule is NCc1cccc(OC(F)(F)F)c1.O=C(O)C1=CC=C2C=CC=C21. The number of carbonyl (C=O) groups is 1. The molecule has 0 atom stereocenters. The van der Waals surface area contributed by atoms with E-state index < -0.39 is 12.3 Å². The van der Waals surface area contributed by atoms with Gasteiger partial charge in [-0.3, -0.25) is 0 Å². The zero-order chi connectivity index (χ0) is 17.7. The van der Waals surface area contributed by atoms with E-state index in [1.54, 1.807) is 12.1 Å². The molecule has 2 aliphatic rings. The largest absolute Gasteiger partial charge is 0.573 e. The Hall–Kier alpha value is -2.80. The fourth-order valence-corrected chi connectivity index (χ4v) is 2.14. The van der Waals surface area contributed by atoms with E-state index in [2.05, 4.69) is 4.74 Å². The van der Waals surface area contributed by atoms with E-state index in [0.29, 0.717) is 11.1 Å². The van der Waals surface area contributed by atoms with Crippen molar-refractivity contribution in [3.63, 3.8) is 0 Å². The van der Waals surface area contributed by atoms with Crippen LogP contribution in [0.5, 0.6) is 5.75 Å². The van der Waals surface area contributed by atoms with Gasteiger partial charge in [-0.25, -0.2) is 4.79 Å². The Labute approximate surface area is 136 Å². The summed E-state index contributed by atoms with van der Waals surface area (Å²) in [6.45, 7) is 0.190. The second kappa shape index (κ2) is 7.18. The van der Waals surface area contributed by atoms with Gasteiger partial charge in [0.1, 0.15) is 5.75 Å². The molecule has 0 aromatic heterocycles. The number of aliphatic carboxylic acids is 1. The highest BCUT2D eigenvalue weighted by molar-refractivity contribution is 5.96. The summed E-state index contributed by atoms with van der Waals surface area (Å²) >= 11 is 0. The van der Waals surface area contributed by atoms with Gasteiger partial charge >= 0.3 is 12.3 Å². The van der Waals surface area contributed by atoms with Crippen molar-refractivity contribution in [1.29, 1.82) is 0 Å². The number of halogens is 3. The molecule has 0 amide bonds. The van der Waals surface area contributed by atoms with Crippen LogP contribution in [0.3, 0.4) is 0 Å². The van der Waals surface area contributed by atoms with Crippen molar-refractivity contribution < 1.29 is 27.8 Å². The van der Waals surface area contributed by atoms with Crippen LogP contribution in [-0.4, -0.2) is 17.4 Å². The Kier molecular flexibility index (Phi) is 5.25. The molecular formula is C17H14F3NO3. The maximum Gasteiger partial charge on any atom is 0.573 e. The van der Waals surface area contributed by atoms with E-state index in [1.165, 1.54) is 18.2 Å². The van der Waals surface area contributed by atoms with Crippen molar-refractivity contribution >= 4 is 5.97 Å². The minimum absolute atomic E-state index is 0.190. The minimum atomic E-state index is -4.65. The fraction of sp³-hybridized carbons (Fsp3) is 0.118. The molecule has 126 valence electrons.